The number of piperazine rings is 1. The molecule has 0 saturated carbocycles. The molecule has 0 bridgehead atoms. The number of hydrogen-bond donors (Lipinski definition) is 0. The summed E-state index contributed by atoms with van der Waals surface area (Å²) in [5.41, 5.74) is -0.667. The van der Waals surface area contributed by atoms with Crippen molar-refractivity contribution in [1.29, 1.82) is 0 Å². The number of nitrogens with zero attached hydrogens (tertiary/aromatic N) is 2. The normalized spacial score (nSPS) is 15.8. The van der Waals surface area contributed by atoms with Crippen molar-refractivity contribution in [3.05, 3.63) is 64.4 Å². The number of hydrogen-bond acceptors (Lipinski definition) is 3. The highest BCUT2D eigenvalue weighted by atomic mass is 35.5. The van der Waals surface area contributed by atoms with E-state index in [4.69, 9.17) is 11.6 Å². The van der Waals surface area contributed by atoms with Crippen LogP contribution in [0.15, 0.2) is 41.3 Å². The third kappa shape index (κ3) is 3.80. The van der Waals surface area contributed by atoms with Crippen molar-refractivity contribution >= 4 is 27.5 Å². The van der Waals surface area contributed by atoms with E-state index in [2.05, 4.69) is 0 Å². The van der Waals surface area contributed by atoms with Gasteiger partial charge in [0.15, 0.2) is 0 Å². The van der Waals surface area contributed by atoms with Crippen molar-refractivity contribution in [2.45, 2.75) is 4.90 Å². The minimum atomic E-state index is -3.94. The van der Waals surface area contributed by atoms with Crippen LogP contribution in [-0.4, -0.2) is 49.7 Å². The zero-order valence-electron chi connectivity index (χ0n) is 13.8. The minimum Gasteiger partial charge on any atom is -0.336 e. The van der Waals surface area contributed by atoms with Crippen LogP contribution < -0.4 is 0 Å². The number of carbonyl (C=O) groups excluding carboxylic acids is 1. The van der Waals surface area contributed by atoms with Crippen LogP contribution in [0.25, 0.3) is 0 Å². The molecule has 1 heterocycles. The minimum absolute atomic E-state index is 0.0409. The Morgan fingerprint density at radius 1 is 0.926 bits per heavy atom. The Morgan fingerprint density at radius 3 is 2.07 bits per heavy atom. The Morgan fingerprint density at radius 2 is 1.52 bits per heavy atom. The molecule has 0 radical (unpaired) electrons. The van der Waals surface area contributed by atoms with Crippen LogP contribution >= 0.6 is 11.6 Å². The van der Waals surface area contributed by atoms with Crippen LogP contribution in [0.4, 0.5) is 13.2 Å². The van der Waals surface area contributed by atoms with Gasteiger partial charge in [-0.2, -0.15) is 4.31 Å². The molecule has 1 aliphatic rings. The van der Waals surface area contributed by atoms with Crippen molar-refractivity contribution in [2.75, 3.05) is 26.2 Å². The average Bonchev–Trinajstić information content (AvgIpc) is 2.63. The van der Waals surface area contributed by atoms with E-state index in [0.29, 0.717) is 0 Å². The van der Waals surface area contributed by atoms with Crippen molar-refractivity contribution in [3.8, 4) is 0 Å². The van der Waals surface area contributed by atoms with Gasteiger partial charge < -0.3 is 4.90 Å². The molecule has 0 unspecified atom stereocenters. The summed E-state index contributed by atoms with van der Waals surface area (Å²) in [5, 5.41) is -0.320. The summed E-state index contributed by atoms with van der Waals surface area (Å²) in [6.45, 7) is -0.222. The summed E-state index contributed by atoms with van der Waals surface area (Å²) >= 11 is 5.64. The topological polar surface area (TPSA) is 57.7 Å². The monoisotopic (exact) mass is 418 g/mol. The van der Waals surface area contributed by atoms with Crippen LogP contribution in [0.2, 0.25) is 5.02 Å². The van der Waals surface area contributed by atoms with Crippen molar-refractivity contribution in [2.24, 2.45) is 0 Å². The maximum atomic E-state index is 13.8. The number of amides is 1. The fourth-order valence-electron chi connectivity index (χ4n) is 2.78. The van der Waals surface area contributed by atoms with Gasteiger partial charge in [0.1, 0.15) is 23.0 Å². The van der Waals surface area contributed by atoms with Crippen LogP contribution in [-0.2, 0) is 10.0 Å². The molecule has 5 nitrogen and oxygen atoms in total. The van der Waals surface area contributed by atoms with Crippen molar-refractivity contribution in [1.82, 2.24) is 9.21 Å². The molecule has 1 amide bonds. The van der Waals surface area contributed by atoms with E-state index in [1.807, 2.05) is 0 Å². The SMILES string of the molecule is O=C(c1c(F)cccc1F)N1CCN(S(=O)(=O)c2ccc(F)c(Cl)c2)CC1. The standard InChI is InChI=1S/C17H14ClF3N2O3S/c18-12-10-11(4-5-13(12)19)27(25,26)23-8-6-22(7-9-23)17(24)16-14(20)2-1-3-15(16)21/h1-5,10H,6-9H2. The molecule has 2 aromatic rings. The molecule has 0 aromatic heterocycles. The van der Waals surface area contributed by atoms with Gasteiger partial charge >= 0.3 is 0 Å². The summed E-state index contributed by atoms with van der Waals surface area (Å²) in [7, 11) is -3.94. The summed E-state index contributed by atoms with van der Waals surface area (Å²) in [5.74, 6) is -3.53. The zero-order valence-corrected chi connectivity index (χ0v) is 15.4. The molecular formula is C17H14ClF3N2O3S. The Kier molecular flexibility index (Phi) is 5.45. The van der Waals surface area contributed by atoms with Gasteiger partial charge in [0.05, 0.1) is 9.92 Å². The summed E-state index contributed by atoms with van der Waals surface area (Å²) in [6, 6.07) is 6.18. The highest BCUT2D eigenvalue weighted by Gasteiger charge is 2.32. The van der Waals surface area contributed by atoms with Gasteiger partial charge in [0, 0.05) is 26.2 Å². The lowest BCUT2D eigenvalue weighted by atomic mass is 10.1. The van der Waals surface area contributed by atoms with E-state index < -0.39 is 38.9 Å². The van der Waals surface area contributed by atoms with Gasteiger partial charge in [-0.15, -0.1) is 0 Å². The Balaban J connectivity index is 1.75. The number of sulfonamides is 1. The molecule has 0 spiro atoms. The number of halogens is 4. The lowest BCUT2D eigenvalue weighted by Gasteiger charge is -2.34. The summed E-state index contributed by atoms with van der Waals surface area (Å²) in [6.07, 6.45) is 0. The molecule has 1 saturated heterocycles. The molecule has 27 heavy (non-hydrogen) atoms. The molecule has 1 aliphatic heterocycles. The molecule has 3 rings (SSSR count). The molecule has 0 aliphatic carbocycles. The molecule has 1 fully saturated rings. The number of benzene rings is 2. The van der Waals surface area contributed by atoms with Gasteiger partial charge in [0.2, 0.25) is 10.0 Å². The van der Waals surface area contributed by atoms with Gasteiger partial charge in [-0.25, -0.2) is 21.6 Å². The van der Waals surface area contributed by atoms with Gasteiger partial charge in [0.25, 0.3) is 5.91 Å². The molecule has 144 valence electrons. The first-order valence-corrected chi connectivity index (χ1v) is 9.72. The Hall–Kier alpha value is -2.10. The maximum Gasteiger partial charge on any atom is 0.259 e. The van der Waals surface area contributed by atoms with Gasteiger partial charge in [-0.1, -0.05) is 17.7 Å². The Bertz CT molecular complexity index is 973. The van der Waals surface area contributed by atoms with Crippen molar-refractivity contribution in [3.63, 3.8) is 0 Å². The van der Waals surface area contributed by atoms with Gasteiger partial charge in [-0.05, 0) is 30.3 Å². The molecule has 0 atom stereocenters. The Labute approximate surface area is 159 Å². The first-order valence-electron chi connectivity index (χ1n) is 7.90. The highest BCUT2D eigenvalue weighted by Crippen LogP contribution is 2.24. The molecule has 2 aromatic carbocycles. The van der Waals surface area contributed by atoms with Crippen molar-refractivity contribution < 1.29 is 26.4 Å². The largest absolute Gasteiger partial charge is 0.336 e. The first kappa shape index (κ1) is 19.7. The first-order chi connectivity index (χ1) is 12.7. The van der Waals surface area contributed by atoms with Gasteiger partial charge in [-0.3, -0.25) is 4.79 Å². The van der Waals surface area contributed by atoms with E-state index in [1.165, 1.54) is 4.90 Å². The van der Waals surface area contributed by atoms with Crippen LogP contribution in [0, 0.1) is 17.5 Å². The predicted molar refractivity (Wildman–Crippen MR) is 92.4 cm³/mol. The number of carbonyl (C=O) groups is 1. The number of rotatable bonds is 3. The van der Waals surface area contributed by atoms with E-state index in [9.17, 15) is 26.4 Å². The third-order valence-electron chi connectivity index (χ3n) is 4.23. The summed E-state index contributed by atoms with van der Waals surface area (Å²) < 4.78 is 67.2. The highest BCUT2D eigenvalue weighted by molar-refractivity contribution is 7.89. The van der Waals surface area contributed by atoms with Crippen LogP contribution in [0.3, 0.4) is 0 Å². The van der Waals surface area contributed by atoms with Crippen LogP contribution in [0.5, 0.6) is 0 Å². The van der Waals surface area contributed by atoms with E-state index in [-0.39, 0.29) is 36.1 Å². The average molecular weight is 419 g/mol. The summed E-state index contributed by atoms with van der Waals surface area (Å²) in [4.78, 5) is 13.4. The second-order valence-electron chi connectivity index (χ2n) is 5.87. The van der Waals surface area contributed by atoms with E-state index in [0.717, 1.165) is 40.7 Å². The molecular weight excluding hydrogens is 405 g/mol. The smallest absolute Gasteiger partial charge is 0.259 e. The fraction of sp³-hybridized carbons (Fsp3) is 0.235. The molecule has 0 N–H and O–H groups in total. The van der Waals surface area contributed by atoms with Crippen LogP contribution in [0.1, 0.15) is 10.4 Å². The fourth-order valence-corrected chi connectivity index (χ4v) is 4.47. The zero-order chi connectivity index (χ0) is 19.8. The van der Waals surface area contributed by atoms with E-state index in [1.54, 1.807) is 0 Å². The predicted octanol–water partition coefficient (Wildman–Crippen LogP) is 2.90. The lowest BCUT2D eigenvalue weighted by Crippen LogP contribution is -2.50. The molecule has 10 heteroatoms. The second kappa shape index (κ2) is 7.49. The maximum absolute atomic E-state index is 13.8. The van der Waals surface area contributed by atoms with E-state index >= 15 is 0 Å². The second-order valence-corrected chi connectivity index (χ2v) is 8.21. The quantitative estimate of drug-likeness (QED) is 0.770. The third-order valence-corrected chi connectivity index (χ3v) is 6.42. The lowest BCUT2D eigenvalue weighted by molar-refractivity contribution is 0.0688.